The number of halogens is 1. The number of ether oxygens (including phenoxy) is 1. The Labute approximate surface area is 164 Å². The summed E-state index contributed by atoms with van der Waals surface area (Å²) in [5, 5.41) is 9.94. The van der Waals surface area contributed by atoms with E-state index in [9.17, 15) is 9.90 Å². The monoisotopic (exact) mass is 389 g/mol. The standard InChI is InChI=1S/C20H24ClN3O3/c1-19(2,3)24(18(25)26)12-20(6-7-20)13-27-15-10-16(17(21)23-11-15)14-4-8-22-9-5-14/h4-5,8-11H,6-7,12-13H2,1-3H3,(H,25,26). The maximum absolute atomic E-state index is 11.6. The molecule has 144 valence electrons. The molecule has 0 saturated heterocycles. The van der Waals surface area contributed by atoms with Gasteiger partial charge in [-0.3, -0.25) is 4.98 Å². The fourth-order valence-electron chi connectivity index (χ4n) is 2.93. The zero-order valence-corrected chi connectivity index (χ0v) is 16.5. The summed E-state index contributed by atoms with van der Waals surface area (Å²) in [5.74, 6) is 0.620. The van der Waals surface area contributed by atoms with Crippen molar-refractivity contribution in [1.29, 1.82) is 0 Å². The molecule has 0 atom stereocenters. The van der Waals surface area contributed by atoms with Gasteiger partial charge < -0.3 is 14.7 Å². The first-order valence-electron chi connectivity index (χ1n) is 8.90. The van der Waals surface area contributed by atoms with Crippen molar-refractivity contribution >= 4 is 17.7 Å². The molecule has 0 aliphatic heterocycles. The zero-order chi connectivity index (χ0) is 19.7. The SMILES string of the molecule is CC(C)(C)N(CC1(COc2cnc(Cl)c(-c3ccncc3)c2)CC1)C(=O)O. The van der Waals surface area contributed by atoms with Crippen LogP contribution in [0, 0.1) is 5.41 Å². The summed E-state index contributed by atoms with van der Waals surface area (Å²) in [6.45, 7) is 6.63. The van der Waals surface area contributed by atoms with Crippen LogP contribution in [0.4, 0.5) is 4.79 Å². The number of rotatable bonds is 6. The van der Waals surface area contributed by atoms with Crippen molar-refractivity contribution in [3.8, 4) is 16.9 Å². The first-order chi connectivity index (χ1) is 12.7. The number of amides is 1. The van der Waals surface area contributed by atoms with Crippen LogP contribution in [-0.2, 0) is 0 Å². The van der Waals surface area contributed by atoms with Crippen LogP contribution in [0.3, 0.4) is 0 Å². The summed E-state index contributed by atoms with van der Waals surface area (Å²) >= 11 is 6.23. The Morgan fingerprint density at radius 3 is 2.56 bits per heavy atom. The molecule has 7 heteroatoms. The largest absolute Gasteiger partial charge is 0.491 e. The summed E-state index contributed by atoms with van der Waals surface area (Å²) in [6, 6.07) is 5.59. The molecular formula is C20H24ClN3O3. The van der Waals surface area contributed by atoms with Crippen LogP contribution in [0.1, 0.15) is 33.6 Å². The summed E-state index contributed by atoms with van der Waals surface area (Å²) in [7, 11) is 0. The smallest absolute Gasteiger partial charge is 0.407 e. The molecular weight excluding hydrogens is 366 g/mol. The van der Waals surface area contributed by atoms with Gasteiger partial charge in [0.25, 0.3) is 0 Å². The number of aromatic nitrogens is 2. The van der Waals surface area contributed by atoms with Crippen LogP contribution < -0.4 is 4.74 Å². The lowest BCUT2D eigenvalue weighted by Crippen LogP contribution is -2.48. The average Bonchev–Trinajstić information content (AvgIpc) is 3.39. The van der Waals surface area contributed by atoms with E-state index < -0.39 is 11.6 Å². The molecule has 1 fully saturated rings. The summed E-state index contributed by atoms with van der Waals surface area (Å²) < 4.78 is 5.99. The van der Waals surface area contributed by atoms with Gasteiger partial charge in [-0.1, -0.05) is 11.6 Å². The van der Waals surface area contributed by atoms with Crippen molar-refractivity contribution in [1.82, 2.24) is 14.9 Å². The second-order valence-electron chi connectivity index (χ2n) is 8.07. The van der Waals surface area contributed by atoms with Crippen molar-refractivity contribution in [2.75, 3.05) is 13.2 Å². The van der Waals surface area contributed by atoms with Crippen LogP contribution in [-0.4, -0.2) is 44.8 Å². The minimum absolute atomic E-state index is 0.137. The predicted octanol–water partition coefficient (Wildman–Crippen LogP) is 4.73. The van der Waals surface area contributed by atoms with E-state index in [0.717, 1.165) is 24.0 Å². The van der Waals surface area contributed by atoms with E-state index in [1.165, 1.54) is 4.90 Å². The lowest BCUT2D eigenvalue weighted by molar-refractivity contribution is 0.0746. The van der Waals surface area contributed by atoms with Gasteiger partial charge in [-0.2, -0.15) is 0 Å². The third kappa shape index (κ3) is 4.69. The van der Waals surface area contributed by atoms with Gasteiger partial charge in [0.2, 0.25) is 0 Å². The molecule has 0 radical (unpaired) electrons. The molecule has 1 saturated carbocycles. The van der Waals surface area contributed by atoms with E-state index in [1.54, 1.807) is 18.6 Å². The highest BCUT2D eigenvalue weighted by Crippen LogP contribution is 2.47. The molecule has 2 aromatic rings. The van der Waals surface area contributed by atoms with Gasteiger partial charge in [0.1, 0.15) is 10.9 Å². The first kappa shape index (κ1) is 19.4. The Morgan fingerprint density at radius 2 is 2.00 bits per heavy atom. The minimum atomic E-state index is -0.901. The van der Waals surface area contributed by atoms with Crippen molar-refractivity contribution in [3.63, 3.8) is 0 Å². The lowest BCUT2D eigenvalue weighted by atomic mass is 10.0. The summed E-state index contributed by atoms with van der Waals surface area (Å²) in [5.41, 5.74) is 1.11. The van der Waals surface area contributed by atoms with Crippen LogP contribution in [0.25, 0.3) is 11.1 Å². The van der Waals surface area contributed by atoms with Gasteiger partial charge in [-0.15, -0.1) is 0 Å². The van der Waals surface area contributed by atoms with Gasteiger partial charge in [0.05, 0.1) is 12.8 Å². The van der Waals surface area contributed by atoms with Gasteiger partial charge in [0.15, 0.2) is 0 Å². The highest BCUT2D eigenvalue weighted by Gasteiger charge is 2.47. The molecule has 0 bridgehead atoms. The molecule has 27 heavy (non-hydrogen) atoms. The second kappa shape index (κ2) is 7.35. The molecule has 1 amide bonds. The third-order valence-electron chi connectivity index (χ3n) is 4.84. The summed E-state index contributed by atoms with van der Waals surface area (Å²) in [4.78, 5) is 21.3. The fraction of sp³-hybridized carbons (Fsp3) is 0.450. The number of carboxylic acid groups (broad SMARTS) is 1. The van der Waals surface area contributed by atoms with Gasteiger partial charge in [0, 0.05) is 35.5 Å². The quantitative estimate of drug-likeness (QED) is 0.722. The number of pyridine rings is 2. The number of nitrogens with zero attached hydrogens (tertiary/aromatic N) is 3. The molecule has 0 spiro atoms. The van der Waals surface area contributed by atoms with E-state index in [1.807, 2.05) is 39.0 Å². The van der Waals surface area contributed by atoms with Gasteiger partial charge in [-0.25, -0.2) is 9.78 Å². The van der Waals surface area contributed by atoms with Crippen molar-refractivity contribution in [2.24, 2.45) is 5.41 Å². The zero-order valence-electron chi connectivity index (χ0n) is 15.8. The molecule has 1 aliphatic carbocycles. The second-order valence-corrected chi connectivity index (χ2v) is 8.43. The average molecular weight is 390 g/mol. The first-order valence-corrected chi connectivity index (χ1v) is 9.27. The Kier molecular flexibility index (Phi) is 5.29. The number of carbonyl (C=O) groups is 1. The maximum Gasteiger partial charge on any atom is 0.407 e. The van der Waals surface area contributed by atoms with E-state index in [0.29, 0.717) is 24.1 Å². The minimum Gasteiger partial charge on any atom is -0.491 e. The van der Waals surface area contributed by atoms with Gasteiger partial charge >= 0.3 is 6.09 Å². The Balaban J connectivity index is 1.71. The molecule has 1 aliphatic rings. The number of hydrogen-bond donors (Lipinski definition) is 1. The van der Waals surface area contributed by atoms with Crippen molar-refractivity contribution in [2.45, 2.75) is 39.2 Å². The van der Waals surface area contributed by atoms with Crippen LogP contribution >= 0.6 is 11.6 Å². The molecule has 1 N–H and O–H groups in total. The highest BCUT2D eigenvalue weighted by molar-refractivity contribution is 6.32. The molecule has 2 heterocycles. The molecule has 0 aromatic carbocycles. The third-order valence-corrected chi connectivity index (χ3v) is 5.14. The fourth-order valence-corrected chi connectivity index (χ4v) is 3.14. The van der Waals surface area contributed by atoms with E-state index >= 15 is 0 Å². The van der Waals surface area contributed by atoms with Crippen molar-refractivity contribution < 1.29 is 14.6 Å². The predicted molar refractivity (Wildman–Crippen MR) is 104 cm³/mol. The Hall–Kier alpha value is -2.34. The van der Waals surface area contributed by atoms with E-state index in [-0.39, 0.29) is 5.41 Å². The topological polar surface area (TPSA) is 75.5 Å². The van der Waals surface area contributed by atoms with Crippen LogP contribution in [0.15, 0.2) is 36.8 Å². The lowest BCUT2D eigenvalue weighted by Gasteiger charge is -2.36. The van der Waals surface area contributed by atoms with Crippen LogP contribution in [0.5, 0.6) is 5.75 Å². The molecule has 3 rings (SSSR count). The van der Waals surface area contributed by atoms with Gasteiger partial charge in [-0.05, 0) is 57.4 Å². The maximum atomic E-state index is 11.6. The Bertz CT molecular complexity index is 817. The summed E-state index contributed by atoms with van der Waals surface area (Å²) in [6.07, 6.45) is 6.00. The number of hydrogen-bond acceptors (Lipinski definition) is 4. The van der Waals surface area contributed by atoms with Crippen LogP contribution in [0.2, 0.25) is 5.15 Å². The normalized spacial score (nSPS) is 15.3. The van der Waals surface area contributed by atoms with Crippen molar-refractivity contribution in [3.05, 3.63) is 41.9 Å². The highest BCUT2D eigenvalue weighted by atomic mass is 35.5. The van der Waals surface area contributed by atoms with E-state index in [4.69, 9.17) is 16.3 Å². The van der Waals surface area contributed by atoms with E-state index in [2.05, 4.69) is 9.97 Å². The Morgan fingerprint density at radius 1 is 1.33 bits per heavy atom. The molecule has 2 aromatic heterocycles. The molecule has 6 nitrogen and oxygen atoms in total. The molecule has 0 unspecified atom stereocenters.